The smallest absolute Gasteiger partial charge is 0.408 e. The largest absolute Gasteiger partial charge is 0.444 e. The summed E-state index contributed by atoms with van der Waals surface area (Å²) in [5.41, 5.74) is 1.55. The maximum Gasteiger partial charge on any atom is 0.408 e. The van der Waals surface area contributed by atoms with E-state index in [0.29, 0.717) is 17.7 Å². The average Bonchev–Trinajstić information content (AvgIpc) is 2.81. The van der Waals surface area contributed by atoms with Crippen LogP contribution in [0, 0.1) is 13.8 Å². The number of hydrogen-bond donors (Lipinski definition) is 3. The minimum atomic E-state index is -1.31. The van der Waals surface area contributed by atoms with Crippen molar-refractivity contribution in [3.8, 4) is 0 Å². The Hall–Kier alpha value is -3.39. The summed E-state index contributed by atoms with van der Waals surface area (Å²) in [7, 11) is 0. The summed E-state index contributed by atoms with van der Waals surface area (Å²) in [6.07, 6.45) is -0.311. The van der Waals surface area contributed by atoms with Crippen molar-refractivity contribution in [1.29, 1.82) is 0 Å². The molecule has 2 aromatic carbocycles. The van der Waals surface area contributed by atoms with Crippen LogP contribution in [0.15, 0.2) is 48.5 Å². The van der Waals surface area contributed by atoms with E-state index in [1.165, 1.54) is 4.90 Å². The Morgan fingerprint density at radius 3 is 2.08 bits per heavy atom. The maximum absolute atomic E-state index is 14.0. The van der Waals surface area contributed by atoms with Crippen molar-refractivity contribution in [2.24, 2.45) is 0 Å². The molecule has 2 atom stereocenters. The van der Waals surface area contributed by atoms with Crippen LogP contribution < -0.4 is 10.6 Å². The van der Waals surface area contributed by atoms with E-state index in [-0.39, 0.29) is 0 Å². The number of carbonyl (C=O) groups excluding carboxylic acids is 3. The van der Waals surface area contributed by atoms with Crippen molar-refractivity contribution < 1.29 is 24.2 Å². The summed E-state index contributed by atoms with van der Waals surface area (Å²) >= 11 is 0. The van der Waals surface area contributed by atoms with Gasteiger partial charge in [-0.1, -0.05) is 55.0 Å². The number of hydrogen-bond acceptors (Lipinski definition) is 5. The van der Waals surface area contributed by atoms with Gasteiger partial charge in [-0.25, -0.2) is 4.79 Å². The van der Waals surface area contributed by atoms with Crippen LogP contribution >= 0.6 is 0 Å². The predicted octanol–water partition coefficient (Wildman–Crippen LogP) is 4.89. The van der Waals surface area contributed by atoms with Crippen LogP contribution in [0.25, 0.3) is 0 Å². The van der Waals surface area contributed by atoms with Gasteiger partial charge in [0, 0.05) is 11.2 Å². The number of alkyl carbamates (subject to hydrolysis) is 1. The number of rotatable bonds is 9. The second kappa shape index (κ2) is 12.2. The molecule has 8 nitrogen and oxygen atoms in total. The van der Waals surface area contributed by atoms with Crippen LogP contribution in [-0.2, 0) is 14.3 Å². The van der Waals surface area contributed by atoms with Crippen LogP contribution in [0.3, 0.4) is 0 Å². The van der Waals surface area contributed by atoms with Gasteiger partial charge in [-0.3, -0.25) is 9.59 Å². The first kappa shape index (κ1) is 29.8. The van der Waals surface area contributed by atoms with E-state index >= 15 is 0 Å². The summed E-state index contributed by atoms with van der Waals surface area (Å²) in [6.45, 7) is 13.9. The number of aryl methyl sites for hydroxylation is 2. The molecular weight excluding hydrogens is 470 g/mol. The van der Waals surface area contributed by atoms with E-state index in [2.05, 4.69) is 10.6 Å². The van der Waals surface area contributed by atoms with Gasteiger partial charge in [-0.05, 0) is 72.1 Å². The second-order valence-corrected chi connectivity index (χ2v) is 10.9. The van der Waals surface area contributed by atoms with Gasteiger partial charge < -0.3 is 25.4 Å². The average molecular weight is 512 g/mol. The molecule has 0 heterocycles. The Morgan fingerprint density at radius 1 is 0.973 bits per heavy atom. The fraction of sp³-hybridized carbons (Fsp3) is 0.483. The summed E-state index contributed by atoms with van der Waals surface area (Å²) in [5.74, 6) is -0.993. The van der Waals surface area contributed by atoms with Gasteiger partial charge in [0.2, 0.25) is 5.91 Å². The molecule has 2 aromatic rings. The normalized spacial score (nSPS) is 13.3. The van der Waals surface area contributed by atoms with Crippen LogP contribution in [0.4, 0.5) is 10.5 Å². The lowest BCUT2D eigenvalue weighted by atomic mass is 9.91. The fourth-order valence-electron chi connectivity index (χ4n) is 3.83. The molecule has 0 radical (unpaired) electrons. The number of benzene rings is 2. The third-order valence-electron chi connectivity index (χ3n) is 6.23. The topological polar surface area (TPSA) is 108 Å². The number of aliphatic hydroxyl groups is 1. The number of amides is 3. The summed E-state index contributed by atoms with van der Waals surface area (Å²) in [4.78, 5) is 41.8. The van der Waals surface area contributed by atoms with Crippen LogP contribution in [0.2, 0.25) is 0 Å². The molecule has 37 heavy (non-hydrogen) atoms. The number of carbonyl (C=O) groups is 3. The zero-order chi connectivity index (χ0) is 28.0. The Morgan fingerprint density at radius 2 is 1.57 bits per heavy atom. The van der Waals surface area contributed by atoms with E-state index in [9.17, 15) is 19.5 Å². The third-order valence-corrected chi connectivity index (χ3v) is 6.23. The van der Waals surface area contributed by atoms with E-state index in [1.807, 2.05) is 77.1 Å². The molecule has 2 rings (SSSR count). The predicted molar refractivity (Wildman–Crippen MR) is 145 cm³/mol. The summed E-state index contributed by atoms with van der Waals surface area (Å²) in [6, 6.07) is 12.5. The monoisotopic (exact) mass is 511 g/mol. The lowest BCUT2D eigenvalue weighted by Gasteiger charge is -2.44. The molecule has 0 saturated carbocycles. The molecule has 0 aromatic heterocycles. The van der Waals surface area contributed by atoms with Gasteiger partial charge in [-0.15, -0.1) is 0 Å². The standard InChI is InChI=1S/C29H41N3O5/c1-9-29(7,8)32(26(35)23(18-33)31-27(36)37-28(4,5)6)24(21-16-14-19(2)15-17-21)25(34)30-22-13-11-10-12-20(22)3/h10-17,23-24,33H,9,18H2,1-8H3,(H,30,34)(H,31,36). The molecule has 0 aliphatic rings. The molecule has 0 aliphatic heterocycles. The SMILES string of the molecule is CCC(C)(C)N(C(=O)C(CO)NC(=O)OC(C)(C)C)C(C(=O)Nc1ccccc1C)c1ccc(C)cc1. The highest BCUT2D eigenvalue weighted by molar-refractivity contribution is 5.99. The van der Waals surface area contributed by atoms with Crippen LogP contribution in [0.1, 0.15) is 70.7 Å². The van der Waals surface area contributed by atoms with E-state index in [4.69, 9.17) is 4.74 Å². The van der Waals surface area contributed by atoms with Crippen molar-refractivity contribution in [1.82, 2.24) is 10.2 Å². The highest BCUT2D eigenvalue weighted by Gasteiger charge is 2.43. The Bertz CT molecular complexity index is 1090. The number of aliphatic hydroxyl groups excluding tert-OH is 1. The zero-order valence-electron chi connectivity index (χ0n) is 23.2. The minimum Gasteiger partial charge on any atom is -0.444 e. The lowest BCUT2D eigenvalue weighted by molar-refractivity contribution is -0.148. The van der Waals surface area contributed by atoms with Crippen LogP contribution in [0.5, 0.6) is 0 Å². The molecule has 0 saturated heterocycles. The molecule has 202 valence electrons. The number of anilines is 1. The van der Waals surface area contributed by atoms with Crippen molar-refractivity contribution in [2.75, 3.05) is 11.9 Å². The second-order valence-electron chi connectivity index (χ2n) is 10.9. The molecule has 2 unspecified atom stereocenters. The van der Waals surface area contributed by atoms with Crippen LogP contribution in [-0.4, -0.2) is 51.7 Å². The Labute approximate surface area is 220 Å². The number of ether oxygens (including phenoxy) is 1. The van der Waals surface area contributed by atoms with Gasteiger partial charge in [0.25, 0.3) is 5.91 Å². The number of para-hydroxylation sites is 1. The molecule has 0 bridgehead atoms. The van der Waals surface area contributed by atoms with Crippen molar-refractivity contribution >= 4 is 23.6 Å². The quantitative estimate of drug-likeness (QED) is 0.444. The molecule has 3 N–H and O–H groups in total. The molecular formula is C29H41N3O5. The molecule has 0 fully saturated rings. The first-order valence-corrected chi connectivity index (χ1v) is 12.6. The van der Waals surface area contributed by atoms with Gasteiger partial charge >= 0.3 is 6.09 Å². The van der Waals surface area contributed by atoms with E-state index in [1.54, 1.807) is 26.8 Å². The highest BCUT2D eigenvalue weighted by atomic mass is 16.6. The molecule has 0 spiro atoms. The maximum atomic E-state index is 14.0. The van der Waals surface area contributed by atoms with Crippen molar-refractivity contribution in [3.63, 3.8) is 0 Å². The highest BCUT2D eigenvalue weighted by Crippen LogP contribution is 2.33. The van der Waals surface area contributed by atoms with E-state index < -0.39 is 47.7 Å². The number of nitrogens with zero attached hydrogens (tertiary/aromatic N) is 1. The lowest BCUT2D eigenvalue weighted by Crippen LogP contribution is -2.59. The zero-order valence-corrected chi connectivity index (χ0v) is 23.2. The molecule has 3 amide bonds. The molecule has 8 heteroatoms. The Kier molecular flexibility index (Phi) is 9.87. The number of nitrogens with one attached hydrogen (secondary N) is 2. The first-order chi connectivity index (χ1) is 17.2. The Balaban J connectivity index is 2.57. The molecule has 0 aliphatic carbocycles. The van der Waals surface area contributed by atoms with Gasteiger partial charge in [0.15, 0.2) is 0 Å². The third kappa shape index (κ3) is 8.05. The summed E-state index contributed by atoms with van der Waals surface area (Å²) in [5, 5.41) is 15.6. The van der Waals surface area contributed by atoms with Crippen molar-refractivity contribution in [2.45, 2.75) is 85.0 Å². The van der Waals surface area contributed by atoms with Gasteiger partial charge in [0.1, 0.15) is 17.7 Å². The van der Waals surface area contributed by atoms with Crippen molar-refractivity contribution in [3.05, 3.63) is 65.2 Å². The first-order valence-electron chi connectivity index (χ1n) is 12.6. The summed E-state index contributed by atoms with van der Waals surface area (Å²) < 4.78 is 5.30. The van der Waals surface area contributed by atoms with Gasteiger partial charge in [0.05, 0.1) is 6.61 Å². The van der Waals surface area contributed by atoms with Gasteiger partial charge in [-0.2, -0.15) is 0 Å². The van der Waals surface area contributed by atoms with E-state index in [0.717, 1.165) is 11.1 Å². The fourth-order valence-corrected chi connectivity index (χ4v) is 3.83. The minimum absolute atomic E-state index is 0.401.